The van der Waals surface area contributed by atoms with Crippen molar-refractivity contribution < 1.29 is 13.2 Å². The van der Waals surface area contributed by atoms with E-state index >= 15 is 0 Å². The molecule has 0 saturated carbocycles. The third-order valence-corrected chi connectivity index (χ3v) is 3.20. The van der Waals surface area contributed by atoms with Crippen LogP contribution in [0.3, 0.4) is 0 Å². The lowest BCUT2D eigenvalue weighted by Gasteiger charge is -2.12. The first-order chi connectivity index (χ1) is 9.47. The number of hydrogen-bond donors (Lipinski definition) is 0. The molecule has 1 aromatic heterocycles. The number of halogens is 3. The Morgan fingerprint density at radius 3 is 2.50 bits per heavy atom. The van der Waals surface area contributed by atoms with Gasteiger partial charge in [-0.1, -0.05) is 18.2 Å². The van der Waals surface area contributed by atoms with E-state index in [1.165, 1.54) is 6.07 Å². The Labute approximate surface area is 116 Å². The minimum absolute atomic E-state index is 0.366. The quantitative estimate of drug-likeness (QED) is 0.798. The molecule has 0 bridgehead atoms. The number of nitrogens with zero attached hydrogens (tertiary/aromatic N) is 1. The second-order valence-electron chi connectivity index (χ2n) is 4.81. The Morgan fingerprint density at radius 1 is 1.05 bits per heavy atom. The average Bonchev–Trinajstić information content (AvgIpc) is 2.38. The zero-order chi connectivity index (χ0) is 14.6. The van der Waals surface area contributed by atoms with E-state index in [1.807, 2.05) is 19.1 Å². The van der Waals surface area contributed by atoms with E-state index in [1.54, 1.807) is 18.3 Å². The van der Waals surface area contributed by atoms with Crippen LogP contribution in [0.4, 0.5) is 13.2 Å². The molecule has 0 N–H and O–H groups in total. The Hall–Kier alpha value is -1.84. The Kier molecular flexibility index (Phi) is 4.42. The highest BCUT2D eigenvalue weighted by Crippen LogP contribution is 2.32. The normalized spacial score (nSPS) is 11.6. The zero-order valence-electron chi connectivity index (χ0n) is 11.2. The van der Waals surface area contributed by atoms with Gasteiger partial charge in [0.25, 0.3) is 0 Å². The van der Waals surface area contributed by atoms with Crippen molar-refractivity contribution in [1.29, 1.82) is 0 Å². The Morgan fingerprint density at radius 2 is 1.80 bits per heavy atom. The van der Waals surface area contributed by atoms with Gasteiger partial charge >= 0.3 is 6.18 Å². The van der Waals surface area contributed by atoms with Crippen LogP contribution in [0.25, 0.3) is 0 Å². The second-order valence-corrected chi connectivity index (χ2v) is 4.81. The fourth-order valence-electron chi connectivity index (χ4n) is 2.26. The fraction of sp³-hybridized carbons (Fsp3) is 0.312. The molecule has 1 heterocycles. The summed E-state index contributed by atoms with van der Waals surface area (Å²) in [6.45, 7) is 1.91. The van der Waals surface area contributed by atoms with Crippen molar-refractivity contribution in [3.05, 3.63) is 65.0 Å². The SMILES string of the molecule is Cc1cc(CCCc2ccccc2C(F)(F)F)ccn1. The lowest BCUT2D eigenvalue weighted by Crippen LogP contribution is -2.09. The predicted octanol–water partition coefficient (Wildman–Crippen LogP) is 4.58. The summed E-state index contributed by atoms with van der Waals surface area (Å²) in [4.78, 5) is 4.10. The molecule has 0 saturated heterocycles. The Bertz CT molecular complexity index is 576. The van der Waals surface area contributed by atoms with E-state index in [-0.39, 0.29) is 0 Å². The molecule has 0 radical (unpaired) electrons. The van der Waals surface area contributed by atoms with Crippen LogP contribution in [-0.2, 0) is 19.0 Å². The summed E-state index contributed by atoms with van der Waals surface area (Å²) in [7, 11) is 0. The summed E-state index contributed by atoms with van der Waals surface area (Å²) in [6.07, 6.45) is -0.665. The first kappa shape index (κ1) is 14.6. The number of aryl methyl sites for hydroxylation is 3. The van der Waals surface area contributed by atoms with Crippen molar-refractivity contribution in [2.24, 2.45) is 0 Å². The minimum atomic E-state index is -4.27. The number of hydrogen-bond acceptors (Lipinski definition) is 1. The molecule has 0 atom stereocenters. The molecule has 0 aliphatic carbocycles. The van der Waals surface area contributed by atoms with Gasteiger partial charge in [-0.3, -0.25) is 4.98 Å². The highest BCUT2D eigenvalue weighted by molar-refractivity contribution is 5.30. The molecule has 2 rings (SSSR count). The highest BCUT2D eigenvalue weighted by atomic mass is 19.4. The molecule has 0 amide bonds. The molecular weight excluding hydrogens is 263 g/mol. The smallest absolute Gasteiger partial charge is 0.262 e. The first-order valence-corrected chi connectivity index (χ1v) is 6.53. The molecule has 4 heteroatoms. The molecule has 0 aliphatic heterocycles. The van der Waals surface area contributed by atoms with Crippen molar-refractivity contribution in [3.63, 3.8) is 0 Å². The van der Waals surface area contributed by atoms with Gasteiger partial charge < -0.3 is 0 Å². The predicted molar refractivity (Wildman–Crippen MR) is 72.4 cm³/mol. The van der Waals surface area contributed by atoms with E-state index in [2.05, 4.69) is 4.98 Å². The van der Waals surface area contributed by atoms with Gasteiger partial charge in [-0.2, -0.15) is 13.2 Å². The van der Waals surface area contributed by atoms with E-state index in [0.717, 1.165) is 23.7 Å². The van der Waals surface area contributed by atoms with Crippen molar-refractivity contribution >= 4 is 0 Å². The summed E-state index contributed by atoms with van der Waals surface area (Å²) < 4.78 is 38.5. The highest BCUT2D eigenvalue weighted by Gasteiger charge is 2.32. The minimum Gasteiger partial charge on any atom is -0.262 e. The summed E-state index contributed by atoms with van der Waals surface area (Å²) in [5.74, 6) is 0. The zero-order valence-corrected chi connectivity index (χ0v) is 11.2. The summed E-state index contributed by atoms with van der Waals surface area (Å²) in [5, 5.41) is 0. The maximum absolute atomic E-state index is 12.8. The van der Waals surface area contributed by atoms with Crippen LogP contribution >= 0.6 is 0 Å². The summed E-state index contributed by atoms with van der Waals surface area (Å²) in [5.41, 5.74) is 1.89. The number of benzene rings is 1. The molecule has 2 aromatic rings. The van der Waals surface area contributed by atoms with Crippen LogP contribution in [0.1, 0.15) is 28.8 Å². The van der Waals surface area contributed by atoms with E-state index in [9.17, 15) is 13.2 Å². The summed E-state index contributed by atoms with van der Waals surface area (Å²) in [6, 6.07) is 9.66. The summed E-state index contributed by atoms with van der Waals surface area (Å²) >= 11 is 0. The monoisotopic (exact) mass is 279 g/mol. The van der Waals surface area contributed by atoms with Crippen LogP contribution in [0.5, 0.6) is 0 Å². The van der Waals surface area contributed by atoms with Crippen LogP contribution in [-0.4, -0.2) is 4.98 Å². The molecule has 1 nitrogen and oxygen atoms in total. The molecule has 106 valence electrons. The third-order valence-electron chi connectivity index (χ3n) is 3.20. The molecule has 0 aliphatic rings. The van der Waals surface area contributed by atoms with Crippen molar-refractivity contribution in [3.8, 4) is 0 Å². The lowest BCUT2D eigenvalue weighted by atomic mass is 9.99. The van der Waals surface area contributed by atoms with Crippen LogP contribution < -0.4 is 0 Å². The van der Waals surface area contributed by atoms with Crippen LogP contribution in [0, 0.1) is 6.92 Å². The van der Waals surface area contributed by atoms with E-state index in [4.69, 9.17) is 0 Å². The largest absolute Gasteiger partial charge is 0.416 e. The van der Waals surface area contributed by atoms with Crippen molar-refractivity contribution in [1.82, 2.24) is 4.98 Å². The lowest BCUT2D eigenvalue weighted by molar-refractivity contribution is -0.138. The standard InChI is InChI=1S/C16H16F3N/c1-12-11-13(9-10-20-12)5-4-7-14-6-2-3-8-15(14)16(17,18)19/h2-3,6,8-11H,4-5,7H2,1H3. The number of rotatable bonds is 4. The molecular formula is C16H16F3N. The number of alkyl halides is 3. The van der Waals surface area contributed by atoms with Gasteiger partial charge in [0.1, 0.15) is 0 Å². The third kappa shape index (κ3) is 3.83. The van der Waals surface area contributed by atoms with Gasteiger partial charge in [-0.05, 0) is 55.5 Å². The first-order valence-electron chi connectivity index (χ1n) is 6.53. The molecule has 0 fully saturated rings. The molecule has 0 unspecified atom stereocenters. The van der Waals surface area contributed by atoms with Gasteiger partial charge in [0.15, 0.2) is 0 Å². The van der Waals surface area contributed by atoms with Gasteiger partial charge in [-0.25, -0.2) is 0 Å². The molecule has 1 aromatic carbocycles. The number of aromatic nitrogens is 1. The van der Waals surface area contributed by atoms with Gasteiger partial charge in [0, 0.05) is 11.9 Å². The van der Waals surface area contributed by atoms with Gasteiger partial charge in [-0.15, -0.1) is 0 Å². The maximum atomic E-state index is 12.8. The van der Waals surface area contributed by atoms with Crippen molar-refractivity contribution in [2.75, 3.05) is 0 Å². The number of pyridine rings is 1. The van der Waals surface area contributed by atoms with E-state index in [0.29, 0.717) is 18.4 Å². The second kappa shape index (κ2) is 6.07. The van der Waals surface area contributed by atoms with Crippen molar-refractivity contribution in [2.45, 2.75) is 32.4 Å². The average molecular weight is 279 g/mol. The van der Waals surface area contributed by atoms with Crippen LogP contribution in [0.2, 0.25) is 0 Å². The topological polar surface area (TPSA) is 12.9 Å². The van der Waals surface area contributed by atoms with E-state index < -0.39 is 11.7 Å². The maximum Gasteiger partial charge on any atom is 0.416 e. The van der Waals surface area contributed by atoms with Gasteiger partial charge in [0.05, 0.1) is 5.56 Å². The van der Waals surface area contributed by atoms with Crippen LogP contribution in [0.15, 0.2) is 42.6 Å². The fourth-order valence-corrected chi connectivity index (χ4v) is 2.26. The Balaban J connectivity index is 2.01. The molecule has 0 spiro atoms. The van der Waals surface area contributed by atoms with Gasteiger partial charge in [0.2, 0.25) is 0 Å². The molecule has 20 heavy (non-hydrogen) atoms.